The van der Waals surface area contributed by atoms with Crippen LogP contribution in [0, 0.1) is 6.92 Å². The Bertz CT molecular complexity index is 500. The number of likely N-dealkylation sites (tertiary alicyclic amines) is 1. The van der Waals surface area contributed by atoms with Gasteiger partial charge in [0.05, 0.1) is 0 Å². The number of carboxylic acids is 1. The third kappa shape index (κ3) is 3.50. The van der Waals surface area contributed by atoms with Crippen LogP contribution in [0.1, 0.15) is 29.5 Å². The molecule has 1 aromatic heterocycles. The van der Waals surface area contributed by atoms with E-state index in [9.17, 15) is 9.59 Å². The second-order valence-corrected chi connectivity index (χ2v) is 6.63. The van der Waals surface area contributed by atoms with Crippen molar-refractivity contribution < 1.29 is 14.7 Å². The van der Waals surface area contributed by atoms with Crippen LogP contribution < -0.4 is 5.32 Å². The fourth-order valence-corrected chi connectivity index (χ4v) is 3.53. The highest BCUT2D eigenvalue weighted by atomic mass is 32.1. The highest BCUT2D eigenvalue weighted by Gasteiger charge is 2.34. The van der Waals surface area contributed by atoms with E-state index in [1.807, 2.05) is 6.92 Å². The molecule has 2 N–H and O–H groups in total. The minimum atomic E-state index is -0.917. The van der Waals surface area contributed by atoms with Gasteiger partial charge in [-0.15, -0.1) is 11.3 Å². The van der Waals surface area contributed by atoms with Crippen molar-refractivity contribution in [3.8, 4) is 0 Å². The molecule has 1 aliphatic heterocycles. The number of rotatable bonds is 4. The minimum absolute atomic E-state index is 0.00408. The number of carbonyl (C=O) groups excluding carboxylic acids is 1. The summed E-state index contributed by atoms with van der Waals surface area (Å²) in [7, 11) is 0. The average molecular weight is 296 g/mol. The molecule has 2 amide bonds. The Hall–Kier alpha value is -1.56. The summed E-state index contributed by atoms with van der Waals surface area (Å²) in [6.45, 7) is 4.52. The Morgan fingerprint density at radius 3 is 2.90 bits per heavy atom. The Morgan fingerprint density at radius 2 is 2.30 bits per heavy atom. The van der Waals surface area contributed by atoms with Crippen molar-refractivity contribution in [3.05, 3.63) is 21.9 Å². The largest absolute Gasteiger partial charge is 0.480 e. The van der Waals surface area contributed by atoms with E-state index in [0.717, 1.165) is 12.8 Å². The van der Waals surface area contributed by atoms with Gasteiger partial charge in [0.25, 0.3) is 0 Å². The standard InChI is InChI=1S/C14H20N2O3S/c1-9(8-11-6-5-10(2)20-11)15-14(19)16-7-3-4-12(16)13(17)18/h5-6,9,12H,3-4,7-8H2,1-2H3,(H,15,19)(H,17,18)/t9?,12-/m1/s1. The van der Waals surface area contributed by atoms with Crippen molar-refractivity contribution >= 4 is 23.3 Å². The summed E-state index contributed by atoms with van der Waals surface area (Å²) in [5.41, 5.74) is 0. The monoisotopic (exact) mass is 296 g/mol. The van der Waals surface area contributed by atoms with E-state index in [2.05, 4.69) is 24.4 Å². The van der Waals surface area contributed by atoms with Crippen LogP contribution in [0.25, 0.3) is 0 Å². The summed E-state index contributed by atoms with van der Waals surface area (Å²) in [5.74, 6) is -0.917. The van der Waals surface area contributed by atoms with Crippen LogP contribution in [-0.4, -0.2) is 40.6 Å². The van der Waals surface area contributed by atoms with E-state index in [4.69, 9.17) is 5.11 Å². The first-order valence-electron chi connectivity index (χ1n) is 6.82. The first-order chi connectivity index (χ1) is 9.47. The third-order valence-corrected chi connectivity index (χ3v) is 4.49. The third-order valence-electron chi connectivity index (χ3n) is 3.47. The smallest absolute Gasteiger partial charge is 0.326 e. The number of aryl methyl sites for hydroxylation is 1. The van der Waals surface area contributed by atoms with Crippen molar-refractivity contribution in [2.24, 2.45) is 0 Å². The molecule has 1 saturated heterocycles. The van der Waals surface area contributed by atoms with E-state index < -0.39 is 12.0 Å². The summed E-state index contributed by atoms with van der Waals surface area (Å²) in [5, 5.41) is 12.0. The zero-order valence-corrected chi connectivity index (χ0v) is 12.6. The molecule has 0 aliphatic carbocycles. The van der Waals surface area contributed by atoms with Crippen LogP contribution in [0.3, 0.4) is 0 Å². The maximum atomic E-state index is 12.1. The van der Waals surface area contributed by atoms with Gasteiger partial charge in [0.2, 0.25) is 0 Å². The molecule has 6 heteroatoms. The van der Waals surface area contributed by atoms with Gasteiger partial charge >= 0.3 is 12.0 Å². The number of urea groups is 1. The van der Waals surface area contributed by atoms with Crippen LogP contribution in [0.5, 0.6) is 0 Å². The van der Waals surface area contributed by atoms with Crippen molar-refractivity contribution in [2.75, 3.05) is 6.54 Å². The molecule has 2 heterocycles. The number of nitrogens with zero attached hydrogens (tertiary/aromatic N) is 1. The maximum Gasteiger partial charge on any atom is 0.326 e. The lowest BCUT2D eigenvalue weighted by Gasteiger charge is -2.24. The van der Waals surface area contributed by atoms with Crippen molar-refractivity contribution in [1.82, 2.24) is 10.2 Å². The summed E-state index contributed by atoms with van der Waals surface area (Å²) in [6.07, 6.45) is 2.07. The molecule has 0 radical (unpaired) electrons. The number of aliphatic carboxylic acids is 1. The molecule has 1 fully saturated rings. The van der Waals surface area contributed by atoms with E-state index in [0.29, 0.717) is 13.0 Å². The molecular formula is C14H20N2O3S. The number of hydrogen-bond acceptors (Lipinski definition) is 3. The number of nitrogens with one attached hydrogen (secondary N) is 1. The lowest BCUT2D eigenvalue weighted by molar-refractivity contribution is -0.141. The summed E-state index contributed by atoms with van der Waals surface area (Å²) in [4.78, 5) is 27.1. The fraction of sp³-hybridized carbons (Fsp3) is 0.571. The van der Waals surface area contributed by atoms with Crippen molar-refractivity contribution in [1.29, 1.82) is 0 Å². The molecule has 2 rings (SSSR count). The lowest BCUT2D eigenvalue weighted by atomic mass is 10.2. The Labute approximate surface area is 122 Å². The van der Waals surface area contributed by atoms with Gasteiger partial charge in [0, 0.05) is 28.8 Å². The zero-order valence-electron chi connectivity index (χ0n) is 11.8. The van der Waals surface area contributed by atoms with E-state index in [1.165, 1.54) is 14.7 Å². The SMILES string of the molecule is Cc1ccc(CC(C)NC(=O)N2CCC[C@@H]2C(=O)O)s1. The first-order valence-corrected chi connectivity index (χ1v) is 7.64. The topological polar surface area (TPSA) is 69.6 Å². The Morgan fingerprint density at radius 1 is 1.55 bits per heavy atom. The van der Waals surface area contributed by atoms with Crippen LogP contribution in [-0.2, 0) is 11.2 Å². The van der Waals surface area contributed by atoms with E-state index in [-0.39, 0.29) is 12.1 Å². The molecule has 5 nitrogen and oxygen atoms in total. The molecular weight excluding hydrogens is 276 g/mol. The molecule has 0 spiro atoms. The summed E-state index contributed by atoms with van der Waals surface area (Å²) < 4.78 is 0. The molecule has 1 aliphatic rings. The van der Waals surface area contributed by atoms with Gasteiger partial charge in [-0.05, 0) is 38.8 Å². The van der Waals surface area contributed by atoms with Gasteiger partial charge in [0.15, 0.2) is 0 Å². The molecule has 20 heavy (non-hydrogen) atoms. The van der Waals surface area contributed by atoms with Gasteiger partial charge in [-0.1, -0.05) is 0 Å². The summed E-state index contributed by atoms with van der Waals surface area (Å²) in [6, 6.07) is 3.19. The number of amides is 2. The minimum Gasteiger partial charge on any atom is -0.480 e. The van der Waals surface area contributed by atoms with E-state index in [1.54, 1.807) is 11.3 Å². The highest BCUT2D eigenvalue weighted by Crippen LogP contribution is 2.19. The molecule has 110 valence electrons. The van der Waals surface area contributed by atoms with Gasteiger partial charge < -0.3 is 15.3 Å². The normalized spacial score (nSPS) is 19.9. The average Bonchev–Trinajstić information content (AvgIpc) is 2.97. The second-order valence-electron chi connectivity index (χ2n) is 5.26. The lowest BCUT2D eigenvalue weighted by Crippen LogP contribution is -2.48. The summed E-state index contributed by atoms with van der Waals surface area (Å²) >= 11 is 1.72. The van der Waals surface area contributed by atoms with Crippen LogP contribution in [0.2, 0.25) is 0 Å². The zero-order chi connectivity index (χ0) is 14.7. The number of hydrogen-bond donors (Lipinski definition) is 2. The fourth-order valence-electron chi connectivity index (χ4n) is 2.51. The predicted molar refractivity (Wildman–Crippen MR) is 78.1 cm³/mol. The molecule has 0 aromatic carbocycles. The van der Waals surface area contributed by atoms with Gasteiger partial charge in [-0.3, -0.25) is 0 Å². The van der Waals surface area contributed by atoms with Crippen LogP contribution >= 0.6 is 11.3 Å². The Balaban J connectivity index is 1.89. The van der Waals surface area contributed by atoms with E-state index >= 15 is 0 Å². The maximum absolute atomic E-state index is 12.1. The second kappa shape index (κ2) is 6.26. The van der Waals surface area contributed by atoms with Gasteiger partial charge in [-0.25, -0.2) is 9.59 Å². The first kappa shape index (κ1) is 14.8. The van der Waals surface area contributed by atoms with Gasteiger partial charge in [-0.2, -0.15) is 0 Å². The highest BCUT2D eigenvalue weighted by molar-refractivity contribution is 7.11. The number of carbonyl (C=O) groups is 2. The molecule has 2 atom stereocenters. The molecule has 0 bridgehead atoms. The van der Waals surface area contributed by atoms with Crippen molar-refractivity contribution in [2.45, 2.75) is 45.2 Å². The Kier molecular flexibility index (Phi) is 4.65. The molecule has 1 aromatic rings. The van der Waals surface area contributed by atoms with Crippen molar-refractivity contribution in [3.63, 3.8) is 0 Å². The number of thiophene rings is 1. The van der Waals surface area contributed by atoms with Gasteiger partial charge in [0.1, 0.15) is 6.04 Å². The quantitative estimate of drug-likeness (QED) is 0.895. The molecule has 1 unspecified atom stereocenters. The van der Waals surface area contributed by atoms with Crippen LogP contribution in [0.4, 0.5) is 4.79 Å². The van der Waals surface area contributed by atoms with Crippen LogP contribution in [0.15, 0.2) is 12.1 Å². The predicted octanol–water partition coefficient (Wildman–Crippen LogP) is 2.25. The number of carboxylic acid groups (broad SMARTS) is 1. The molecule has 0 saturated carbocycles.